The molecule has 0 N–H and O–H groups in total. The van der Waals surface area contributed by atoms with Gasteiger partial charge in [-0.25, -0.2) is 0 Å². The molecule has 0 amide bonds. The second-order valence-electron chi connectivity index (χ2n) is 4.06. The van der Waals surface area contributed by atoms with Gasteiger partial charge < -0.3 is 0 Å². The minimum Gasteiger partial charge on any atom is -0.300 e. The van der Waals surface area contributed by atoms with E-state index >= 15 is 0 Å². The number of hydrogen-bond acceptors (Lipinski definition) is 2. The molecule has 0 unspecified atom stereocenters. The molecule has 12 heavy (non-hydrogen) atoms. The third-order valence-corrected chi connectivity index (χ3v) is 2.94. The molecule has 2 rings (SSSR count). The van der Waals surface area contributed by atoms with Crippen molar-refractivity contribution in [2.75, 3.05) is 19.6 Å². The zero-order valence-corrected chi connectivity index (χ0v) is 7.18. The number of nitrogens with zero attached hydrogens (tertiary/aromatic N) is 1. The Morgan fingerprint density at radius 1 is 1.58 bits per heavy atom. The van der Waals surface area contributed by atoms with Gasteiger partial charge in [-0.05, 0) is 6.42 Å². The number of rotatable bonds is 1. The lowest BCUT2D eigenvalue weighted by atomic mass is 9.78. The number of carbonyl (C=O) groups is 1. The van der Waals surface area contributed by atoms with Crippen LogP contribution in [0, 0.1) is 17.8 Å². The Hall–Kier alpha value is -0.810. The van der Waals surface area contributed by atoms with Gasteiger partial charge in [-0.15, -0.1) is 6.42 Å². The van der Waals surface area contributed by atoms with Crippen LogP contribution >= 0.6 is 0 Å². The summed E-state index contributed by atoms with van der Waals surface area (Å²) in [6.45, 7) is 2.84. The molecule has 2 aliphatic rings. The predicted molar refractivity (Wildman–Crippen MR) is 46.6 cm³/mol. The van der Waals surface area contributed by atoms with Crippen LogP contribution in [0.25, 0.3) is 0 Å². The van der Waals surface area contributed by atoms with Crippen molar-refractivity contribution in [1.29, 1.82) is 0 Å². The molecule has 1 saturated heterocycles. The normalized spacial score (nSPS) is 27.1. The SMILES string of the molecule is C#CCN1CC2(CCC(=O)C2)C1. The standard InChI is InChI=1S/C10H13NO/c1-2-5-11-7-10(8-11)4-3-9(12)6-10/h1H,3-8H2. The maximum Gasteiger partial charge on any atom is 0.133 e. The van der Waals surface area contributed by atoms with Crippen molar-refractivity contribution in [2.24, 2.45) is 5.41 Å². The Morgan fingerprint density at radius 3 is 2.83 bits per heavy atom. The molecule has 1 aliphatic carbocycles. The van der Waals surface area contributed by atoms with Crippen LogP contribution in [0.1, 0.15) is 19.3 Å². The monoisotopic (exact) mass is 163 g/mol. The molecule has 0 aromatic carbocycles. The second kappa shape index (κ2) is 2.60. The lowest BCUT2D eigenvalue weighted by molar-refractivity contribution is -0.119. The van der Waals surface area contributed by atoms with E-state index in [1.54, 1.807) is 0 Å². The number of terminal acetylenes is 1. The van der Waals surface area contributed by atoms with Crippen molar-refractivity contribution in [1.82, 2.24) is 4.90 Å². The summed E-state index contributed by atoms with van der Waals surface area (Å²) in [6.07, 6.45) is 7.88. The molecule has 2 fully saturated rings. The first-order valence-electron chi connectivity index (χ1n) is 4.42. The number of ketones is 1. The molecule has 1 saturated carbocycles. The minimum absolute atomic E-state index is 0.341. The number of Topliss-reactive ketones (excluding diaryl/α,β-unsaturated/α-hetero) is 1. The Morgan fingerprint density at radius 2 is 2.33 bits per heavy atom. The smallest absolute Gasteiger partial charge is 0.133 e. The molecule has 0 bridgehead atoms. The van der Waals surface area contributed by atoms with Crippen molar-refractivity contribution in [3.05, 3.63) is 0 Å². The average molecular weight is 163 g/mol. The summed E-state index contributed by atoms with van der Waals surface area (Å²) in [6, 6.07) is 0. The van der Waals surface area contributed by atoms with Crippen molar-refractivity contribution in [3.8, 4) is 12.3 Å². The van der Waals surface area contributed by atoms with Gasteiger partial charge in [0.15, 0.2) is 0 Å². The molecule has 0 aromatic heterocycles. The van der Waals surface area contributed by atoms with Gasteiger partial charge in [-0.2, -0.15) is 0 Å². The Bertz CT molecular complexity index is 245. The van der Waals surface area contributed by atoms with Crippen molar-refractivity contribution in [3.63, 3.8) is 0 Å². The van der Waals surface area contributed by atoms with Crippen LogP contribution in [0.15, 0.2) is 0 Å². The highest BCUT2D eigenvalue weighted by Gasteiger charge is 2.47. The van der Waals surface area contributed by atoms with Gasteiger partial charge in [-0.3, -0.25) is 9.69 Å². The van der Waals surface area contributed by atoms with Crippen molar-refractivity contribution in [2.45, 2.75) is 19.3 Å². The van der Waals surface area contributed by atoms with Crippen LogP contribution in [-0.2, 0) is 4.79 Å². The van der Waals surface area contributed by atoms with E-state index in [4.69, 9.17) is 6.42 Å². The lowest BCUT2D eigenvalue weighted by Crippen LogP contribution is -2.54. The Kier molecular flexibility index (Phi) is 1.69. The van der Waals surface area contributed by atoms with Crippen LogP contribution in [0.3, 0.4) is 0 Å². The fourth-order valence-electron chi connectivity index (χ4n) is 2.41. The molecular formula is C10H13NO. The molecule has 0 aromatic rings. The van der Waals surface area contributed by atoms with Crippen LogP contribution in [-0.4, -0.2) is 30.3 Å². The van der Waals surface area contributed by atoms with Crippen LogP contribution < -0.4 is 0 Å². The van der Waals surface area contributed by atoms with Gasteiger partial charge in [-0.1, -0.05) is 5.92 Å². The van der Waals surface area contributed by atoms with E-state index in [1.807, 2.05) is 0 Å². The highest BCUT2D eigenvalue weighted by Crippen LogP contribution is 2.43. The predicted octanol–water partition coefficient (Wildman–Crippen LogP) is 0.675. The van der Waals surface area contributed by atoms with Crippen LogP contribution in [0.2, 0.25) is 0 Å². The molecule has 1 spiro atoms. The quantitative estimate of drug-likeness (QED) is 0.530. The molecule has 2 heteroatoms. The van der Waals surface area contributed by atoms with Gasteiger partial charge >= 0.3 is 0 Å². The van der Waals surface area contributed by atoms with E-state index in [-0.39, 0.29) is 0 Å². The first-order chi connectivity index (χ1) is 5.74. The summed E-state index contributed by atoms with van der Waals surface area (Å²) in [5.41, 5.74) is 0.341. The zero-order valence-electron chi connectivity index (χ0n) is 7.18. The summed E-state index contributed by atoms with van der Waals surface area (Å²) in [5, 5.41) is 0. The molecule has 1 heterocycles. The molecular weight excluding hydrogens is 150 g/mol. The first-order valence-corrected chi connectivity index (χ1v) is 4.42. The van der Waals surface area contributed by atoms with E-state index in [2.05, 4.69) is 10.8 Å². The lowest BCUT2D eigenvalue weighted by Gasteiger charge is -2.47. The summed E-state index contributed by atoms with van der Waals surface area (Å²) in [5.74, 6) is 3.07. The largest absolute Gasteiger partial charge is 0.300 e. The third-order valence-electron chi connectivity index (χ3n) is 2.94. The minimum atomic E-state index is 0.341. The van der Waals surface area contributed by atoms with E-state index < -0.39 is 0 Å². The highest BCUT2D eigenvalue weighted by atomic mass is 16.1. The number of likely N-dealkylation sites (tertiary alicyclic amines) is 1. The van der Waals surface area contributed by atoms with Crippen LogP contribution in [0.4, 0.5) is 0 Å². The van der Waals surface area contributed by atoms with E-state index in [0.29, 0.717) is 11.2 Å². The maximum absolute atomic E-state index is 11.1. The maximum atomic E-state index is 11.1. The van der Waals surface area contributed by atoms with Gasteiger partial charge in [0.2, 0.25) is 0 Å². The third kappa shape index (κ3) is 1.15. The molecule has 64 valence electrons. The molecule has 0 radical (unpaired) electrons. The van der Waals surface area contributed by atoms with Gasteiger partial charge in [0.05, 0.1) is 6.54 Å². The fourth-order valence-corrected chi connectivity index (χ4v) is 2.41. The average Bonchev–Trinajstić information content (AvgIpc) is 2.31. The molecule has 0 atom stereocenters. The number of carbonyl (C=O) groups excluding carboxylic acids is 1. The van der Waals surface area contributed by atoms with Crippen molar-refractivity contribution >= 4 is 5.78 Å². The second-order valence-corrected chi connectivity index (χ2v) is 4.06. The topological polar surface area (TPSA) is 20.3 Å². The summed E-state index contributed by atoms with van der Waals surface area (Å²) in [7, 11) is 0. The Balaban J connectivity index is 1.88. The summed E-state index contributed by atoms with van der Waals surface area (Å²) >= 11 is 0. The van der Waals surface area contributed by atoms with E-state index in [0.717, 1.165) is 38.9 Å². The van der Waals surface area contributed by atoms with Gasteiger partial charge in [0, 0.05) is 31.3 Å². The molecule has 1 aliphatic heterocycles. The highest BCUT2D eigenvalue weighted by molar-refractivity contribution is 5.81. The summed E-state index contributed by atoms with van der Waals surface area (Å²) in [4.78, 5) is 13.3. The van der Waals surface area contributed by atoms with Gasteiger partial charge in [0.1, 0.15) is 5.78 Å². The van der Waals surface area contributed by atoms with E-state index in [1.165, 1.54) is 0 Å². The number of hydrogen-bond donors (Lipinski definition) is 0. The Labute approximate surface area is 72.9 Å². The summed E-state index contributed by atoms with van der Waals surface area (Å²) < 4.78 is 0. The fraction of sp³-hybridized carbons (Fsp3) is 0.700. The zero-order chi connectivity index (χ0) is 8.60. The first kappa shape index (κ1) is 7.82. The van der Waals surface area contributed by atoms with Crippen LogP contribution in [0.5, 0.6) is 0 Å². The van der Waals surface area contributed by atoms with E-state index in [9.17, 15) is 4.79 Å². The van der Waals surface area contributed by atoms with Gasteiger partial charge in [0.25, 0.3) is 0 Å². The van der Waals surface area contributed by atoms with Crippen molar-refractivity contribution < 1.29 is 4.79 Å². The molecule has 2 nitrogen and oxygen atoms in total.